The van der Waals surface area contributed by atoms with Gasteiger partial charge in [0.15, 0.2) is 11.6 Å². The summed E-state index contributed by atoms with van der Waals surface area (Å²) in [5, 5.41) is -0.0451. The second-order valence-corrected chi connectivity index (χ2v) is 4.85. The number of ether oxygens (including phenoxy) is 1. The highest BCUT2D eigenvalue weighted by Gasteiger charge is 2.11. The summed E-state index contributed by atoms with van der Waals surface area (Å²) in [5.41, 5.74) is 6.48. The molecule has 0 atom stereocenters. The fourth-order valence-corrected chi connectivity index (χ4v) is 2.04. The van der Waals surface area contributed by atoms with Crippen molar-refractivity contribution in [2.75, 3.05) is 0 Å². The lowest BCUT2D eigenvalue weighted by Gasteiger charge is -2.11. The smallest absolute Gasteiger partial charge is 0.183 e. The van der Waals surface area contributed by atoms with Gasteiger partial charge in [-0.2, -0.15) is 0 Å². The van der Waals surface area contributed by atoms with Gasteiger partial charge in [-0.05, 0) is 30.3 Å². The highest BCUT2D eigenvalue weighted by Crippen LogP contribution is 2.25. The SMILES string of the molecule is NC(=S)c1ccc(F)cc1COc1cccc(Cl)c1F. The zero-order chi connectivity index (χ0) is 14.7. The van der Waals surface area contributed by atoms with E-state index in [-0.39, 0.29) is 22.4 Å². The van der Waals surface area contributed by atoms with Crippen LogP contribution in [0, 0.1) is 11.6 Å². The molecule has 104 valence electrons. The van der Waals surface area contributed by atoms with Gasteiger partial charge in [0.25, 0.3) is 0 Å². The lowest BCUT2D eigenvalue weighted by atomic mass is 10.1. The molecule has 0 aromatic heterocycles. The van der Waals surface area contributed by atoms with E-state index < -0.39 is 11.6 Å². The molecule has 2 rings (SSSR count). The molecule has 0 saturated carbocycles. The Morgan fingerprint density at radius 1 is 1.25 bits per heavy atom. The summed E-state index contributed by atoms with van der Waals surface area (Å²) in [6.45, 7) is -0.0678. The summed E-state index contributed by atoms with van der Waals surface area (Å²) in [4.78, 5) is 0.121. The molecule has 2 aromatic rings. The van der Waals surface area contributed by atoms with Crippen molar-refractivity contribution in [3.05, 3.63) is 64.2 Å². The predicted molar refractivity (Wildman–Crippen MR) is 78.0 cm³/mol. The Morgan fingerprint density at radius 2 is 2.00 bits per heavy atom. The first-order valence-electron chi connectivity index (χ1n) is 5.64. The molecule has 2 nitrogen and oxygen atoms in total. The maximum atomic E-state index is 13.7. The van der Waals surface area contributed by atoms with Crippen LogP contribution in [-0.2, 0) is 6.61 Å². The summed E-state index contributed by atoms with van der Waals surface area (Å²) >= 11 is 10.5. The molecule has 0 bridgehead atoms. The van der Waals surface area contributed by atoms with E-state index >= 15 is 0 Å². The van der Waals surface area contributed by atoms with E-state index in [0.29, 0.717) is 11.1 Å². The van der Waals surface area contributed by atoms with Gasteiger partial charge < -0.3 is 10.5 Å². The summed E-state index contributed by atoms with van der Waals surface area (Å²) in [6, 6.07) is 8.35. The highest BCUT2D eigenvalue weighted by molar-refractivity contribution is 7.80. The van der Waals surface area contributed by atoms with Gasteiger partial charge in [-0.25, -0.2) is 8.78 Å². The Hall–Kier alpha value is -1.72. The van der Waals surface area contributed by atoms with E-state index in [1.165, 1.54) is 30.3 Å². The highest BCUT2D eigenvalue weighted by atomic mass is 35.5. The molecule has 0 amide bonds. The van der Waals surface area contributed by atoms with Gasteiger partial charge >= 0.3 is 0 Å². The van der Waals surface area contributed by atoms with Gasteiger partial charge in [-0.15, -0.1) is 0 Å². The molecule has 0 spiro atoms. The van der Waals surface area contributed by atoms with E-state index in [2.05, 4.69) is 0 Å². The molecule has 0 unspecified atom stereocenters. The maximum Gasteiger partial charge on any atom is 0.183 e. The molecule has 0 aliphatic carbocycles. The van der Waals surface area contributed by atoms with Gasteiger partial charge in [0, 0.05) is 11.1 Å². The van der Waals surface area contributed by atoms with E-state index in [1.807, 2.05) is 0 Å². The summed E-state index contributed by atoms with van der Waals surface area (Å²) in [6.07, 6.45) is 0. The zero-order valence-corrected chi connectivity index (χ0v) is 11.8. The van der Waals surface area contributed by atoms with Crippen LogP contribution < -0.4 is 10.5 Å². The molecule has 0 heterocycles. The minimum atomic E-state index is -0.664. The molecule has 0 fully saturated rings. The van der Waals surface area contributed by atoms with Crippen molar-refractivity contribution in [2.24, 2.45) is 5.73 Å². The van der Waals surface area contributed by atoms with Crippen LogP contribution in [-0.4, -0.2) is 4.99 Å². The fourth-order valence-electron chi connectivity index (χ4n) is 1.67. The third kappa shape index (κ3) is 3.23. The van der Waals surface area contributed by atoms with Crippen LogP contribution in [0.5, 0.6) is 5.75 Å². The Balaban J connectivity index is 2.24. The van der Waals surface area contributed by atoms with Gasteiger partial charge in [0.05, 0.1) is 5.02 Å². The lowest BCUT2D eigenvalue weighted by molar-refractivity contribution is 0.289. The van der Waals surface area contributed by atoms with Crippen molar-refractivity contribution >= 4 is 28.8 Å². The first-order valence-corrected chi connectivity index (χ1v) is 6.42. The molecule has 0 radical (unpaired) electrons. The Bertz CT molecular complexity index is 664. The third-order valence-electron chi connectivity index (χ3n) is 2.63. The standard InChI is InChI=1S/C14H10ClF2NOS/c15-11-2-1-3-12(13(11)17)19-7-8-6-9(16)4-5-10(8)14(18)20/h1-6H,7H2,(H2,18,20). The second-order valence-electron chi connectivity index (χ2n) is 4.01. The zero-order valence-electron chi connectivity index (χ0n) is 10.2. The molecule has 0 aliphatic rings. The van der Waals surface area contributed by atoms with Crippen LogP contribution in [0.3, 0.4) is 0 Å². The number of hydrogen-bond acceptors (Lipinski definition) is 2. The van der Waals surface area contributed by atoms with Crippen molar-refractivity contribution in [3.63, 3.8) is 0 Å². The molecule has 6 heteroatoms. The molecule has 20 heavy (non-hydrogen) atoms. The number of rotatable bonds is 4. The normalized spacial score (nSPS) is 10.3. The van der Waals surface area contributed by atoms with Crippen molar-refractivity contribution in [1.29, 1.82) is 0 Å². The maximum absolute atomic E-state index is 13.7. The van der Waals surface area contributed by atoms with Crippen LogP contribution in [0.1, 0.15) is 11.1 Å². The minimum absolute atomic E-state index is 0.0179. The van der Waals surface area contributed by atoms with Gasteiger partial charge in [0.1, 0.15) is 17.4 Å². The van der Waals surface area contributed by atoms with Crippen LogP contribution >= 0.6 is 23.8 Å². The van der Waals surface area contributed by atoms with E-state index in [9.17, 15) is 8.78 Å². The number of halogens is 3. The first kappa shape index (κ1) is 14.7. The van der Waals surface area contributed by atoms with E-state index in [1.54, 1.807) is 6.07 Å². The Morgan fingerprint density at radius 3 is 2.70 bits per heavy atom. The Labute approximate surface area is 125 Å². The third-order valence-corrected chi connectivity index (χ3v) is 3.14. The van der Waals surface area contributed by atoms with Gasteiger partial charge in [-0.3, -0.25) is 0 Å². The number of hydrogen-bond donors (Lipinski definition) is 1. The summed E-state index contributed by atoms with van der Waals surface area (Å²) in [5.74, 6) is -1.13. The van der Waals surface area contributed by atoms with Crippen LogP contribution in [0.15, 0.2) is 36.4 Å². The van der Waals surface area contributed by atoms with Gasteiger partial charge in [0.2, 0.25) is 0 Å². The molecule has 2 aromatic carbocycles. The van der Waals surface area contributed by atoms with Crippen molar-refractivity contribution < 1.29 is 13.5 Å². The number of nitrogens with two attached hydrogens (primary N) is 1. The predicted octanol–water partition coefficient (Wildman–Crippen LogP) is 3.83. The summed E-state index contributed by atoms with van der Waals surface area (Å²) < 4.78 is 32.2. The van der Waals surface area contributed by atoms with Gasteiger partial charge in [-0.1, -0.05) is 29.9 Å². The second kappa shape index (κ2) is 6.15. The average Bonchev–Trinajstić information content (AvgIpc) is 2.40. The Kier molecular flexibility index (Phi) is 4.52. The lowest BCUT2D eigenvalue weighted by Crippen LogP contribution is -2.14. The molecular weight excluding hydrogens is 304 g/mol. The monoisotopic (exact) mass is 313 g/mol. The fraction of sp³-hybridized carbons (Fsp3) is 0.0714. The average molecular weight is 314 g/mol. The van der Waals surface area contributed by atoms with Crippen LogP contribution in [0.2, 0.25) is 5.02 Å². The molecule has 0 saturated heterocycles. The minimum Gasteiger partial charge on any atom is -0.486 e. The molecule has 0 aliphatic heterocycles. The van der Waals surface area contributed by atoms with Crippen LogP contribution in [0.4, 0.5) is 8.78 Å². The van der Waals surface area contributed by atoms with Crippen molar-refractivity contribution in [1.82, 2.24) is 0 Å². The van der Waals surface area contributed by atoms with Crippen molar-refractivity contribution in [2.45, 2.75) is 6.61 Å². The number of benzene rings is 2. The first-order chi connectivity index (χ1) is 9.49. The quantitative estimate of drug-likeness (QED) is 0.871. The van der Waals surface area contributed by atoms with Crippen molar-refractivity contribution in [3.8, 4) is 5.75 Å². The van der Waals surface area contributed by atoms with E-state index in [0.717, 1.165) is 0 Å². The molecule has 2 N–H and O–H groups in total. The topological polar surface area (TPSA) is 35.2 Å². The van der Waals surface area contributed by atoms with E-state index in [4.69, 9.17) is 34.3 Å². The largest absolute Gasteiger partial charge is 0.486 e. The summed E-state index contributed by atoms with van der Waals surface area (Å²) in [7, 11) is 0. The molecular formula is C14H10ClF2NOS. The van der Waals surface area contributed by atoms with Crippen LogP contribution in [0.25, 0.3) is 0 Å². The number of thiocarbonyl (C=S) groups is 1.